The van der Waals surface area contributed by atoms with E-state index in [4.69, 9.17) is 9.57 Å². The number of nitrogens with zero attached hydrogens (tertiary/aromatic N) is 4. The molecule has 1 atom stereocenters. The minimum Gasteiger partial charge on any atom is -0.497 e. The van der Waals surface area contributed by atoms with Crippen LogP contribution in [0.5, 0.6) is 5.75 Å². The molecule has 1 aliphatic rings. The van der Waals surface area contributed by atoms with E-state index >= 15 is 0 Å². The molecule has 1 amide bonds. The van der Waals surface area contributed by atoms with Gasteiger partial charge in [0.05, 0.1) is 19.4 Å². The second kappa shape index (κ2) is 8.14. The molecule has 2 heterocycles. The molecular weight excluding hydrogens is 370 g/mol. The molecule has 3 aromatic rings. The van der Waals surface area contributed by atoms with Crippen molar-refractivity contribution in [2.24, 2.45) is 5.16 Å². The highest BCUT2D eigenvalue weighted by atomic mass is 16.6. The van der Waals surface area contributed by atoms with Crippen LogP contribution in [0.1, 0.15) is 23.1 Å². The Morgan fingerprint density at radius 1 is 1.24 bits per heavy atom. The van der Waals surface area contributed by atoms with E-state index in [-0.39, 0.29) is 11.9 Å². The number of carbonyl (C=O) groups excluding carboxylic acids is 1. The monoisotopic (exact) mass is 391 g/mol. The smallest absolute Gasteiger partial charge is 0.271 e. The van der Waals surface area contributed by atoms with Crippen molar-refractivity contribution in [3.05, 3.63) is 71.5 Å². The van der Waals surface area contributed by atoms with Crippen LogP contribution in [-0.2, 0) is 16.2 Å². The van der Waals surface area contributed by atoms with Crippen molar-refractivity contribution < 1.29 is 14.4 Å². The lowest BCUT2D eigenvalue weighted by Crippen LogP contribution is -2.28. The van der Waals surface area contributed by atoms with E-state index < -0.39 is 6.10 Å². The fourth-order valence-corrected chi connectivity index (χ4v) is 3.05. The number of methoxy groups -OCH3 is 1. The molecule has 0 bridgehead atoms. The van der Waals surface area contributed by atoms with E-state index in [1.54, 1.807) is 18.1 Å². The number of benzene rings is 2. The van der Waals surface area contributed by atoms with Gasteiger partial charge in [0, 0.05) is 6.42 Å². The molecule has 8 heteroatoms. The van der Waals surface area contributed by atoms with Crippen LogP contribution >= 0.6 is 0 Å². The molecule has 1 aromatic heterocycles. The molecule has 0 radical (unpaired) electrons. The quantitative estimate of drug-likeness (QED) is 0.698. The number of aryl methyl sites for hydroxylation is 1. The van der Waals surface area contributed by atoms with Crippen molar-refractivity contribution in [3.63, 3.8) is 0 Å². The fraction of sp³-hybridized carbons (Fsp3) is 0.238. The van der Waals surface area contributed by atoms with Gasteiger partial charge in [0.15, 0.2) is 0 Å². The summed E-state index contributed by atoms with van der Waals surface area (Å²) in [4.78, 5) is 22.0. The first-order chi connectivity index (χ1) is 14.1. The number of ether oxygens (including phenoxy) is 1. The summed E-state index contributed by atoms with van der Waals surface area (Å²) < 4.78 is 6.84. The zero-order valence-electron chi connectivity index (χ0n) is 16.2. The summed E-state index contributed by atoms with van der Waals surface area (Å²) >= 11 is 0. The molecule has 29 heavy (non-hydrogen) atoms. The zero-order valence-corrected chi connectivity index (χ0v) is 16.2. The average molecular weight is 391 g/mol. The van der Waals surface area contributed by atoms with Crippen LogP contribution in [0.3, 0.4) is 0 Å². The molecule has 4 rings (SSSR count). The Labute approximate surface area is 168 Å². The topological polar surface area (TPSA) is 90.6 Å². The van der Waals surface area contributed by atoms with Crippen LogP contribution in [0.2, 0.25) is 0 Å². The Balaban J connectivity index is 1.34. The summed E-state index contributed by atoms with van der Waals surface area (Å²) in [5.41, 5.74) is 3.93. The standard InChI is InChI=1S/C21H21N5O3/c1-14-5-3-4-6-16(14)12-26-13-22-21(24-26)23-20(27)19-11-18(25-29-19)15-7-9-17(28-2)10-8-15/h3-10,13,19H,11-12H2,1-2H3,(H,23,24,27). The van der Waals surface area contributed by atoms with Crippen LogP contribution in [0.25, 0.3) is 0 Å². The Hall–Kier alpha value is -3.68. The lowest BCUT2D eigenvalue weighted by molar-refractivity contribution is -0.125. The molecule has 0 saturated carbocycles. The van der Waals surface area contributed by atoms with E-state index in [2.05, 4.69) is 20.6 Å². The van der Waals surface area contributed by atoms with Crippen LogP contribution in [0.15, 0.2) is 60.0 Å². The van der Waals surface area contributed by atoms with Gasteiger partial charge in [-0.2, -0.15) is 0 Å². The van der Waals surface area contributed by atoms with Gasteiger partial charge >= 0.3 is 0 Å². The van der Waals surface area contributed by atoms with E-state index in [1.165, 1.54) is 5.56 Å². The van der Waals surface area contributed by atoms with Crippen LogP contribution < -0.4 is 10.1 Å². The molecule has 0 spiro atoms. The van der Waals surface area contributed by atoms with Crippen LogP contribution in [0, 0.1) is 6.92 Å². The van der Waals surface area contributed by atoms with Crippen molar-refractivity contribution in [3.8, 4) is 5.75 Å². The Morgan fingerprint density at radius 3 is 2.79 bits per heavy atom. The van der Waals surface area contributed by atoms with E-state index in [1.807, 2.05) is 55.5 Å². The highest BCUT2D eigenvalue weighted by Crippen LogP contribution is 2.20. The van der Waals surface area contributed by atoms with Crippen LogP contribution in [-0.4, -0.2) is 39.6 Å². The third-order valence-corrected chi connectivity index (χ3v) is 4.75. The number of rotatable bonds is 6. The summed E-state index contributed by atoms with van der Waals surface area (Å²) in [5, 5.41) is 11.1. The average Bonchev–Trinajstić information content (AvgIpc) is 3.40. The molecule has 2 aromatic carbocycles. The lowest BCUT2D eigenvalue weighted by Gasteiger charge is -2.07. The van der Waals surface area contributed by atoms with Crippen molar-refractivity contribution >= 4 is 17.6 Å². The number of hydrogen-bond acceptors (Lipinski definition) is 6. The number of oxime groups is 1. The Bertz CT molecular complexity index is 1040. The Kier molecular flexibility index (Phi) is 5.24. The molecule has 148 valence electrons. The van der Waals surface area contributed by atoms with Gasteiger partial charge in [-0.15, -0.1) is 5.10 Å². The van der Waals surface area contributed by atoms with Crippen LogP contribution in [0.4, 0.5) is 5.95 Å². The SMILES string of the molecule is COc1ccc(C2=NOC(C(=O)Nc3ncn(Cc4ccccc4C)n3)C2)cc1. The zero-order chi connectivity index (χ0) is 20.2. The predicted octanol–water partition coefficient (Wildman–Crippen LogP) is 2.78. The fourth-order valence-electron chi connectivity index (χ4n) is 3.05. The largest absolute Gasteiger partial charge is 0.497 e. The molecule has 1 N–H and O–H groups in total. The number of nitrogens with one attached hydrogen (secondary N) is 1. The lowest BCUT2D eigenvalue weighted by atomic mass is 10.0. The Morgan fingerprint density at radius 2 is 2.03 bits per heavy atom. The second-order valence-electron chi connectivity index (χ2n) is 6.75. The minimum absolute atomic E-state index is 0.241. The molecule has 1 aliphatic heterocycles. The number of anilines is 1. The number of carbonyl (C=O) groups is 1. The minimum atomic E-state index is -0.713. The first-order valence-corrected chi connectivity index (χ1v) is 9.24. The highest BCUT2D eigenvalue weighted by molar-refractivity contribution is 6.05. The number of aromatic nitrogens is 3. The first kappa shape index (κ1) is 18.7. The van der Waals surface area contributed by atoms with Gasteiger partial charge in [-0.25, -0.2) is 9.67 Å². The van der Waals surface area contributed by atoms with Gasteiger partial charge in [0.25, 0.3) is 5.91 Å². The summed E-state index contributed by atoms with van der Waals surface area (Å²) in [6.45, 7) is 2.63. The summed E-state index contributed by atoms with van der Waals surface area (Å²) in [6, 6.07) is 15.5. The predicted molar refractivity (Wildman–Crippen MR) is 108 cm³/mol. The second-order valence-corrected chi connectivity index (χ2v) is 6.75. The molecule has 0 aliphatic carbocycles. The maximum Gasteiger partial charge on any atom is 0.271 e. The first-order valence-electron chi connectivity index (χ1n) is 9.24. The molecule has 1 unspecified atom stereocenters. The van der Waals surface area contributed by atoms with Crippen molar-refractivity contribution in [1.29, 1.82) is 0 Å². The van der Waals surface area contributed by atoms with Crippen molar-refractivity contribution in [2.75, 3.05) is 12.4 Å². The van der Waals surface area contributed by atoms with Crippen molar-refractivity contribution in [1.82, 2.24) is 14.8 Å². The summed E-state index contributed by atoms with van der Waals surface area (Å²) in [5.74, 6) is 0.672. The third kappa shape index (κ3) is 4.26. The number of hydrogen-bond donors (Lipinski definition) is 1. The highest BCUT2D eigenvalue weighted by Gasteiger charge is 2.29. The van der Waals surface area contributed by atoms with Crippen molar-refractivity contribution in [2.45, 2.75) is 26.0 Å². The van der Waals surface area contributed by atoms with Gasteiger partial charge in [-0.3, -0.25) is 10.1 Å². The molecule has 0 saturated heterocycles. The van der Waals surface area contributed by atoms with Gasteiger partial charge in [-0.1, -0.05) is 29.4 Å². The summed E-state index contributed by atoms with van der Waals surface area (Å²) in [6.07, 6.45) is 1.26. The normalized spacial score (nSPS) is 15.5. The van der Waals surface area contributed by atoms with Gasteiger partial charge in [0.1, 0.15) is 12.1 Å². The maximum absolute atomic E-state index is 12.5. The molecule has 8 nitrogen and oxygen atoms in total. The van der Waals surface area contributed by atoms with E-state index in [0.29, 0.717) is 18.7 Å². The van der Waals surface area contributed by atoms with E-state index in [0.717, 1.165) is 16.9 Å². The van der Waals surface area contributed by atoms with Gasteiger partial charge in [-0.05, 0) is 47.9 Å². The van der Waals surface area contributed by atoms with E-state index in [9.17, 15) is 4.79 Å². The maximum atomic E-state index is 12.5. The third-order valence-electron chi connectivity index (χ3n) is 4.75. The number of amides is 1. The molecule has 0 fully saturated rings. The van der Waals surface area contributed by atoms with Gasteiger partial charge < -0.3 is 9.57 Å². The molecular formula is C21H21N5O3. The summed E-state index contributed by atoms with van der Waals surface area (Å²) in [7, 11) is 1.61. The van der Waals surface area contributed by atoms with Gasteiger partial charge in [0.2, 0.25) is 12.1 Å².